The monoisotopic (exact) mass is 338 g/mol. The third-order valence-electron chi connectivity index (χ3n) is 4.10. The second kappa shape index (κ2) is 8.48. The lowest BCUT2D eigenvalue weighted by Gasteiger charge is -2.10. The smallest absolute Gasteiger partial charge is 0.224 e. The maximum Gasteiger partial charge on any atom is 0.224 e. The molecule has 3 aromatic rings. The van der Waals surface area contributed by atoms with Crippen LogP contribution in [0.4, 0.5) is 11.8 Å². The van der Waals surface area contributed by atoms with Crippen LogP contribution in [0.3, 0.4) is 0 Å². The predicted octanol–water partition coefficient (Wildman–Crippen LogP) is 2.98. The number of aromatic nitrogens is 3. The van der Waals surface area contributed by atoms with Crippen molar-refractivity contribution < 1.29 is 0 Å². The Morgan fingerprint density at radius 3 is 2.84 bits per heavy atom. The highest BCUT2D eigenvalue weighted by Crippen LogP contribution is 2.18. The molecule has 0 amide bonds. The second-order valence-electron chi connectivity index (χ2n) is 6.39. The summed E-state index contributed by atoms with van der Waals surface area (Å²) in [6, 6.07) is 10.3. The van der Waals surface area contributed by atoms with E-state index in [-0.39, 0.29) is 0 Å². The third-order valence-corrected chi connectivity index (χ3v) is 4.10. The molecular formula is C19H26N6. The first-order chi connectivity index (χ1) is 12.2. The van der Waals surface area contributed by atoms with Crippen molar-refractivity contribution in [1.82, 2.24) is 19.9 Å². The highest BCUT2D eigenvalue weighted by molar-refractivity contribution is 5.83. The van der Waals surface area contributed by atoms with Crippen molar-refractivity contribution in [2.75, 3.05) is 44.4 Å². The van der Waals surface area contributed by atoms with E-state index in [9.17, 15) is 0 Å². The summed E-state index contributed by atoms with van der Waals surface area (Å²) in [5, 5.41) is 7.95. The summed E-state index contributed by atoms with van der Waals surface area (Å²) in [6.45, 7) is 2.76. The normalized spacial score (nSPS) is 11.2. The molecule has 0 atom stereocenters. The Kier molecular flexibility index (Phi) is 5.85. The summed E-state index contributed by atoms with van der Waals surface area (Å²) in [7, 11) is 4.16. The molecule has 2 aromatic heterocycles. The van der Waals surface area contributed by atoms with Crippen LogP contribution in [-0.2, 0) is 6.42 Å². The average molecular weight is 338 g/mol. The summed E-state index contributed by atoms with van der Waals surface area (Å²) in [5.74, 6) is 1.53. The standard InChI is InChI=1S/C19H26N6/c1-25(2)13-5-10-21-19-22-12-9-18(24-19)20-11-8-15-14-23-17-7-4-3-6-16(15)17/h3-4,6-7,9,12,14,23H,5,8,10-11,13H2,1-2H3,(H2,20,21,22,24). The molecule has 6 heteroatoms. The van der Waals surface area contributed by atoms with Crippen LogP contribution in [0.1, 0.15) is 12.0 Å². The molecule has 0 aliphatic rings. The largest absolute Gasteiger partial charge is 0.370 e. The molecule has 3 N–H and O–H groups in total. The van der Waals surface area contributed by atoms with Gasteiger partial charge in [0.1, 0.15) is 5.82 Å². The van der Waals surface area contributed by atoms with Gasteiger partial charge in [-0.05, 0) is 51.2 Å². The Morgan fingerprint density at radius 2 is 1.96 bits per heavy atom. The zero-order valence-electron chi connectivity index (χ0n) is 14.9. The first kappa shape index (κ1) is 17.2. The molecule has 0 bridgehead atoms. The van der Waals surface area contributed by atoms with E-state index in [0.717, 1.165) is 38.3 Å². The minimum absolute atomic E-state index is 0.677. The molecular weight excluding hydrogens is 312 g/mol. The summed E-state index contributed by atoms with van der Waals surface area (Å²) in [6.07, 6.45) is 5.88. The van der Waals surface area contributed by atoms with E-state index in [1.54, 1.807) is 6.20 Å². The minimum Gasteiger partial charge on any atom is -0.370 e. The van der Waals surface area contributed by atoms with Crippen molar-refractivity contribution in [3.05, 3.63) is 48.3 Å². The summed E-state index contributed by atoms with van der Waals surface area (Å²) in [5.41, 5.74) is 2.50. The lowest BCUT2D eigenvalue weighted by atomic mass is 10.1. The van der Waals surface area contributed by atoms with Gasteiger partial charge in [0.2, 0.25) is 5.95 Å². The van der Waals surface area contributed by atoms with E-state index < -0.39 is 0 Å². The fourth-order valence-electron chi connectivity index (χ4n) is 2.80. The number of H-pyrrole nitrogens is 1. The van der Waals surface area contributed by atoms with Crippen LogP contribution < -0.4 is 10.6 Å². The SMILES string of the molecule is CN(C)CCCNc1nccc(NCCc2c[nH]c3ccccc23)n1. The van der Waals surface area contributed by atoms with Gasteiger partial charge in [0, 0.05) is 36.4 Å². The van der Waals surface area contributed by atoms with Gasteiger partial charge in [0.15, 0.2) is 0 Å². The van der Waals surface area contributed by atoms with E-state index in [1.165, 1.54) is 16.5 Å². The van der Waals surface area contributed by atoms with Gasteiger partial charge in [0.05, 0.1) is 0 Å². The van der Waals surface area contributed by atoms with Crippen LogP contribution in [0.5, 0.6) is 0 Å². The van der Waals surface area contributed by atoms with Crippen molar-refractivity contribution >= 4 is 22.7 Å². The van der Waals surface area contributed by atoms with Crippen LogP contribution in [0.15, 0.2) is 42.7 Å². The van der Waals surface area contributed by atoms with Crippen molar-refractivity contribution in [1.29, 1.82) is 0 Å². The maximum atomic E-state index is 4.52. The zero-order chi connectivity index (χ0) is 17.5. The van der Waals surface area contributed by atoms with E-state index in [0.29, 0.717) is 5.95 Å². The Bertz CT molecular complexity index is 795. The molecule has 0 aliphatic heterocycles. The van der Waals surface area contributed by atoms with Gasteiger partial charge in [-0.2, -0.15) is 4.98 Å². The maximum absolute atomic E-state index is 4.52. The van der Waals surface area contributed by atoms with Crippen molar-refractivity contribution in [3.8, 4) is 0 Å². The topological polar surface area (TPSA) is 68.9 Å². The van der Waals surface area contributed by atoms with Gasteiger partial charge in [0.25, 0.3) is 0 Å². The van der Waals surface area contributed by atoms with Gasteiger partial charge in [-0.1, -0.05) is 18.2 Å². The number of hydrogen-bond acceptors (Lipinski definition) is 5. The number of nitrogens with one attached hydrogen (secondary N) is 3. The number of nitrogens with zero attached hydrogens (tertiary/aromatic N) is 3. The van der Waals surface area contributed by atoms with Gasteiger partial charge in [-0.15, -0.1) is 0 Å². The first-order valence-electron chi connectivity index (χ1n) is 8.73. The lowest BCUT2D eigenvalue weighted by Crippen LogP contribution is -2.17. The van der Waals surface area contributed by atoms with Crippen molar-refractivity contribution in [2.45, 2.75) is 12.8 Å². The van der Waals surface area contributed by atoms with Crippen LogP contribution in [-0.4, -0.2) is 53.6 Å². The van der Waals surface area contributed by atoms with Crippen molar-refractivity contribution in [3.63, 3.8) is 0 Å². The quantitative estimate of drug-likeness (QED) is 0.523. The number of para-hydroxylation sites is 1. The van der Waals surface area contributed by atoms with E-state index in [2.05, 4.69) is 75.0 Å². The molecule has 0 saturated carbocycles. The Balaban J connectivity index is 1.49. The summed E-state index contributed by atoms with van der Waals surface area (Å²) in [4.78, 5) is 14.3. The number of anilines is 2. The molecule has 25 heavy (non-hydrogen) atoms. The van der Waals surface area contributed by atoms with Gasteiger partial charge in [-0.25, -0.2) is 4.98 Å². The van der Waals surface area contributed by atoms with Crippen LogP contribution in [0, 0.1) is 0 Å². The lowest BCUT2D eigenvalue weighted by molar-refractivity contribution is 0.405. The highest BCUT2D eigenvalue weighted by atomic mass is 15.1. The van der Waals surface area contributed by atoms with Crippen molar-refractivity contribution in [2.24, 2.45) is 0 Å². The van der Waals surface area contributed by atoms with Crippen LogP contribution in [0.25, 0.3) is 10.9 Å². The second-order valence-corrected chi connectivity index (χ2v) is 6.39. The molecule has 0 fully saturated rings. The summed E-state index contributed by atoms with van der Waals surface area (Å²) >= 11 is 0. The number of hydrogen-bond donors (Lipinski definition) is 3. The van der Waals surface area contributed by atoms with Gasteiger partial charge >= 0.3 is 0 Å². The van der Waals surface area contributed by atoms with E-state index >= 15 is 0 Å². The number of benzene rings is 1. The van der Waals surface area contributed by atoms with E-state index in [1.807, 2.05) is 6.07 Å². The third kappa shape index (κ3) is 4.93. The molecule has 0 unspecified atom stereocenters. The molecule has 2 heterocycles. The molecule has 0 saturated heterocycles. The zero-order valence-corrected chi connectivity index (χ0v) is 14.9. The Labute approximate surface area is 148 Å². The Hall–Kier alpha value is -2.60. The molecule has 6 nitrogen and oxygen atoms in total. The summed E-state index contributed by atoms with van der Waals surface area (Å²) < 4.78 is 0. The van der Waals surface area contributed by atoms with Crippen LogP contribution >= 0.6 is 0 Å². The Morgan fingerprint density at radius 1 is 1.08 bits per heavy atom. The minimum atomic E-state index is 0.677. The number of fused-ring (bicyclic) bond motifs is 1. The molecule has 132 valence electrons. The molecule has 1 aromatic carbocycles. The number of aromatic amines is 1. The molecule has 0 aliphatic carbocycles. The molecule has 0 spiro atoms. The average Bonchev–Trinajstić information content (AvgIpc) is 3.02. The highest BCUT2D eigenvalue weighted by Gasteiger charge is 2.03. The molecule has 0 radical (unpaired) electrons. The fraction of sp³-hybridized carbons (Fsp3) is 0.368. The number of rotatable bonds is 9. The predicted molar refractivity (Wildman–Crippen MR) is 104 cm³/mol. The molecule has 3 rings (SSSR count). The van der Waals surface area contributed by atoms with Gasteiger partial charge in [-0.3, -0.25) is 0 Å². The first-order valence-corrected chi connectivity index (χ1v) is 8.73. The van der Waals surface area contributed by atoms with E-state index in [4.69, 9.17) is 0 Å². The van der Waals surface area contributed by atoms with Gasteiger partial charge < -0.3 is 20.5 Å². The van der Waals surface area contributed by atoms with Crippen LogP contribution in [0.2, 0.25) is 0 Å². The fourth-order valence-corrected chi connectivity index (χ4v) is 2.80.